The van der Waals surface area contributed by atoms with Crippen molar-refractivity contribution in [1.82, 2.24) is 4.98 Å². The number of alkyl halides is 3. The minimum atomic E-state index is -5.02. The first kappa shape index (κ1) is 11.5. The zero-order valence-corrected chi connectivity index (χ0v) is 7.60. The minimum absolute atomic E-state index is 1.16. The van der Waals surface area contributed by atoms with Crippen molar-refractivity contribution >= 4 is 23.2 Å². The first-order valence-electron chi connectivity index (χ1n) is 3.02. The van der Waals surface area contributed by atoms with Crippen molar-refractivity contribution in [2.45, 2.75) is 6.18 Å². The monoisotopic (exact) mass is 251 g/mol. The van der Waals surface area contributed by atoms with Gasteiger partial charge in [-0.05, 0) is 0 Å². The molecule has 1 heterocycles. The van der Waals surface area contributed by atoms with Crippen LogP contribution in [0.15, 0.2) is 0 Å². The molecule has 0 aliphatic rings. The lowest BCUT2D eigenvalue weighted by Crippen LogP contribution is -2.11. The second-order valence-electron chi connectivity index (χ2n) is 2.19. The van der Waals surface area contributed by atoms with Crippen molar-refractivity contribution in [3.63, 3.8) is 0 Å². The molecule has 1 nitrogen and oxygen atoms in total. The Hall–Kier alpha value is -0.620. The third-order valence-corrected chi connectivity index (χ3v) is 1.92. The zero-order chi connectivity index (χ0) is 11.1. The van der Waals surface area contributed by atoms with Gasteiger partial charge in [0.25, 0.3) is 0 Å². The molecule has 0 aliphatic carbocycles. The molecule has 0 N–H and O–H groups in total. The summed E-state index contributed by atoms with van der Waals surface area (Å²) in [7, 11) is 0. The summed E-state index contributed by atoms with van der Waals surface area (Å²) in [5.74, 6) is -3.42. The molecular weight excluding hydrogens is 252 g/mol. The number of hydrogen-bond donors (Lipinski definition) is 0. The van der Waals surface area contributed by atoms with E-state index in [0.29, 0.717) is 0 Å². The topological polar surface area (TPSA) is 12.9 Å². The van der Waals surface area contributed by atoms with Crippen molar-refractivity contribution in [2.75, 3.05) is 0 Å². The smallest absolute Gasteiger partial charge is 0.212 e. The molecule has 0 amide bonds. The zero-order valence-electron chi connectivity index (χ0n) is 6.09. The fourth-order valence-electron chi connectivity index (χ4n) is 0.675. The molecule has 1 aromatic rings. The lowest BCUT2D eigenvalue weighted by atomic mass is 10.3. The van der Waals surface area contributed by atoms with E-state index in [-0.39, 0.29) is 0 Å². The van der Waals surface area contributed by atoms with Crippen LogP contribution in [0.4, 0.5) is 22.0 Å². The maximum absolute atomic E-state index is 12.7. The van der Waals surface area contributed by atoms with E-state index in [1.54, 1.807) is 0 Å². The summed E-state index contributed by atoms with van der Waals surface area (Å²) in [4.78, 5) is 2.41. The Morgan fingerprint density at radius 3 is 1.93 bits per heavy atom. The van der Waals surface area contributed by atoms with E-state index in [2.05, 4.69) is 4.98 Å². The quantitative estimate of drug-likeness (QED) is 0.506. The first-order valence-corrected chi connectivity index (χ1v) is 3.78. The SMILES string of the molecule is Fc1nc(C(F)(F)F)c(Cl)c(F)c1Cl. The Morgan fingerprint density at radius 1 is 1.00 bits per heavy atom. The predicted molar refractivity (Wildman–Crippen MR) is 39.2 cm³/mol. The highest BCUT2D eigenvalue weighted by molar-refractivity contribution is 6.35. The third kappa shape index (κ3) is 1.90. The maximum atomic E-state index is 12.7. The van der Waals surface area contributed by atoms with Crippen LogP contribution in [0.25, 0.3) is 0 Å². The summed E-state index contributed by atoms with van der Waals surface area (Å²) in [5.41, 5.74) is -1.83. The van der Waals surface area contributed by atoms with Gasteiger partial charge in [0.05, 0.1) is 0 Å². The molecular formula is C6Cl2F5N. The molecule has 0 aromatic carbocycles. The van der Waals surface area contributed by atoms with E-state index in [4.69, 9.17) is 23.2 Å². The third-order valence-electron chi connectivity index (χ3n) is 1.25. The average Bonchev–Trinajstić information content (AvgIpc) is 2.06. The van der Waals surface area contributed by atoms with Gasteiger partial charge in [0.15, 0.2) is 11.5 Å². The van der Waals surface area contributed by atoms with Gasteiger partial charge in [-0.3, -0.25) is 0 Å². The van der Waals surface area contributed by atoms with Crippen LogP contribution >= 0.6 is 23.2 Å². The number of aromatic nitrogens is 1. The second-order valence-corrected chi connectivity index (χ2v) is 2.95. The van der Waals surface area contributed by atoms with E-state index in [1.165, 1.54) is 0 Å². The molecule has 0 bridgehead atoms. The van der Waals surface area contributed by atoms with E-state index < -0.39 is 33.7 Å². The van der Waals surface area contributed by atoms with Crippen LogP contribution in [0.5, 0.6) is 0 Å². The Labute approximate surface area is 84.5 Å². The van der Waals surface area contributed by atoms with Gasteiger partial charge in [-0.25, -0.2) is 9.37 Å². The van der Waals surface area contributed by atoms with Gasteiger partial charge in [-0.2, -0.15) is 17.6 Å². The van der Waals surface area contributed by atoms with Crippen molar-refractivity contribution in [3.05, 3.63) is 27.5 Å². The van der Waals surface area contributed by atoms with Gasteiger partial charge >= 0.3 is 6.18 Å². The van der Waals surface area contributed by atoms with Gasteiger partial charge in [-0.1, -0.05) is 23.2 Å². The number of hydrogen-bond acceptors (Lipinski definition) is 1. The highest BCUT2D eigenvalue weighted by Gasteiger charge is 2.38. The summed E-state index contributed by atoms with van der Waals surface area (Å²) >= 11 is 9.89. The largest absolute Gasteiger partial charge is 0.435 e. The summed E-state index contributed by atoms with van der Waals surface area (Å²) in [6.45, 7) is 0. The molecule has 14 heavy (non-hydrogen) atoms. The van der Waals surface area contributed by atoms with Crippen LogP contribution in [-0.4, -0.2) is 4.98 Å². The highest BCUT2D eigenvalue weighted by Crippen LogP contribution is 2.36. The molecule has 8 heteroatoms. The summed E-state index contributed by atoms with van der Waals surface area (Å²) in [6.07, 6.45) is -5.02. The lowest BCUT2D eigenvalue weighted by molar-refractivity contribution is -0.141. The van der Waals surface area contributed by atoms with Gasteiger partial charge in [0.1, 0.15) is 10.0 Å². The van der Waals surface area contributed by atoms with E-state index in [9.17, 15) is 22.0 Å². The minimum Gasteiger partial charge on any atom is -0.212 e. The lowest BCUT2D eigenvalue weighted by Gasteiger charge is -2.08. The maximum Gasteiger partial charge on any atom is 0.435 e. The van der Waals surface area contributed by atoms with Gasteiger partial charge < -0.3 is 0 Å². The fraction of sp³-hybridized carbons (Fsp3) is 0.167. The van der Waals surface area contributed by atoms with Crippen molar-refractivity contribution in [3.8, 4) is 0 Å². The molecule has 1 aromatic heterocycles. The van der Waals surface area contributed by atoms with Gasteiger partial charge in [-0.15, -0.1) is 0 Å². The number of rotatable bonds is 0. The summed E-state index contributed by atoms with van der Waals surface area (Å²) < 4.78 is 61.3. The summed E-state index contributed by atoms with van der Waals surface area (Å²) in [5, 5.41) is -2.51. The molecule has 0 saturated carbocycles. The molecule has 78 valence electrons. The van der Waals surface area contributed by atoms with Crippen LogP contribution in [0.2, 0.25) is 10.0 Å². The Kier molecular flexibility index (Phi) is 2.87. The number of nitrogens with zero attached hydrogens (tertiary/aromatic N) is 1. The number of halogens is 7. The molecule has 0 unspecified atom stereocenters. The molecule has 0 aliphatic heterocycles. The Morgan fingerprint density at radius 2 is 1.50 bits per heavy atom. The van der Waals surface area contributed by atoms with Crippen LogP contribution in [-0.2, 0) is 6.18 Å². The molecule has 0 fully saturated rings. The normalized spacial score (nSPS) is 11.9. The van der Waals surface area contributed by atoms with E-state index >= 15 is 0 Å². The Bertz CT molecular complexity index is 375. The molecule has 0 saturated heterocycles. The van der Waals surface area contributed by atoms with Crippen LogP contribution in [0, 0.1) is 11.8 Å². The molecule has 0 spiro atoms. The van der Waals surface area contributed by atoms with Crippen LogP contribution in [0.1, 0.15) is 5.69 Å². The van der Waals surface area contributed by atoms with E-state index in [1.807, 2.05) is 0 Å². The molecule has 1 rings (SSSR count). The average molecular weight is 252 g/mol. The summed E-state index contributed by atoms with van der Waals surface area (Å²) in [6, 6.07) is 0. The predicted octanol–water partition coefficient (Wildman–Crippen LogP) is 3.69. The van der Waals surface area contributed by atoms with Crippen LogP contribution < -0.4 is 0 Å². The second kappa shape index (κ2) is 3.51. The fourth-order valence-corrected chi connectivity index (χ4v) is 1.10. The van der Waals surface area contributed by atoms with Crippen molar-refractivity contribution in [1.29, 1.82) is 0 Å². The van der Waals surface area contributed by atoms with Gasteiger partial charge in [0.2, 0.25) is 5.95 Å². The highest BCUT2D eigenvalue weighted by atomic mass is 35.5. The van der Waals surface area contributed by atoms with Crippen LogP contribution in [0.3, 0.4) is 0 Å². The molecule has 0 atom stereocenters. The standard InChI is InChI=1S/C6Cl2F5N/c7-1-3(9)2(8)5(10)14-4(1)6(11,12)13. The first-order chi connectivity index (χ1) is 6.25. The van der Waals surface area contributed by atoms with Crippen molar-refractivity contribution < 1.29 is 22.0 Å². The van der Waals surface area contributed by atoms with E-state index in [0.717, 1.165) is 0 Å². The van der Waals surface area contributed by atoms with Gasteiger partial charge in [0, 0.05) is 0 Å². The van der Waals surface area contributed by atoms with Crippen molar-refractivity contribution in [2.24, 2.45) is 0 Å². The molecule has 0 radical (unpaired) electrons. The number of pyridine rings is 1. The Balaban J connectivity index is 3.49.